The number of rotatable bonds is 9. The van der Waals surface area contributed by atoms with Crippen LogP contribution in [0.1, 0.15) is 51.6 Å². The monoisotopic (exact) mass is 313 g/mol. The maximum absolute atomic E-state index is 5.20. The number of likely N-dealkylation sites (N-methyl/N-ethyl adjacent to an activating group) is 1. The van der Waals surface area contributed by atoms with Crippen LogP contribution in [-0.2, 0) is 17.7 Å². The van der Waals surface area contributed by atoms with Gasteiger partial charge in [0.05, 0.1) is 12.3 Å². The fourth-order valence-electron chi connectivity index (χ4n) is 2.01. The molecule has 0 saturated heterocycles. The van der Waals surface area contributed by atoms with Crippen molar-refractivity contribution in [3.8, 4) is 0 Å². The van der Waals surface area contributed by atoms with Gasteiger partial charge in [0.25, 0.3) is 0 Å². The standard InChI is InChI=1S/C16H31N3OS/c1-7-9-13-14(12-17-16(3,4)5)21-15(18-13)19(8-2)10-11-20-6/h17H,7-12H2,1-6H3. The van der Waals surface area contributed by atoms with Gasteiger partial charge in [-0.1, -0.05) is 13.3 Å². The molecule has 1 aromatic rings. The van der Waals surface area contributed by atoms with Gasteiger partial charge in [-0.25, -0.2) is 4.98 Å². The van der Waals surface area contributed by atoms with Crippen LogP contribution in [0.3, 0.4) is 0 Å². The second-order valence-electron chi connectivity index (χ2n) is 6.29. The van der Waals surface area contributed by atoms with Gasteiger partial charge in [0, 0.05) is 37.2 Å². The van der Waals surface area contributed by atoms with Crippen LogP contribution in [0.15, 0.2) is 0 Å². The molecule has 0 saturated carbocycles. The van der Waals surface area contributed by atoms with E-state index in [9.17, 15) is 0 Å². The molecular formula is C16H31N3OS. The summed E-state index contributed by atoms with van der Waals surface area (Å²) >= 11 is 1.82. The van der Waals surface area contributed by atoms with Crippen LogP contribution in [0.4, 0.5) is 5.13 Å². The molecule has 0 aromatic carbocycles. The first kappa shape index (κ1) is 18.4. The quantitative estimate of drug-likeness (QED) is 0.757. The maximum Gasteiger partial charge on any atom is 0.185 e. The third-order valence-electron chi connectivity index (χ3n) is 3.25. The molecule has 1 aromatic heterocycles. The number of methoxy groups -OCH3 is 1. The van der Waals surface area contributed by atoms with Gasteiger partial charge >= 0.3 is 0 Å². The summed E-state index contributed by atoms with van der Waals surface area (Å²) in [6, 6.07) is 0. The van der Waals surface area contributed by atoms with Crippen molar-refractivity contribution < 1.29 is 4.74 Å². The topological polar surface area (TPSA) is 37.4 Å². The predicted molar refractivity (Wildman–Crippen MR) is 92.5 cm³/mol. The van der Waals surface area contributed by atoms with E-state index in [2.05, 4.69) is 44.8 Å². The molecule has 0 fully saturated rings. The first-order valence-corrected chi connectivity index (χ1v) is 8.70. The average Bonchev–Trinajstić information content (AvgIpc) is 2.80. The predicted octanol–water partition coefficient (Wildman–Crippen LogP) is 3.46. The average molecular weight is 314 g/mol. The van der Waals surface area contributed by atoms with Gasteiger partial charge in [-0.15, -0.1) is 11.3 Å². The Hall–Kier alpha value is -0.650. The summed E-state index contributed by atoms with van der Waals surface area (Å²) in [7, 11) is 1.75. The second kappa shape index (κ2) is 8.71. The summed E-state index contributed by atoms with van der Waals surface area (Å²) in [4.78, 5) is 8.55. The summed E-state index contributed by atoms with van der Waals surface area (Å²) in [5.74, 6) is 0. The van der Waals surface area contributed by atoms with E-state index >= 15 is 0 Å². The minimum absolute atomic E-state index is 0.133. The lowest BCUT2D eigenvalue weighted by Gasteiger charge is -2.20. The summed E-state index contributed by atoms with van der Waals surface area (Å²) in [6.07, 6.45) is 2.19. The second-order valence-corrected chi connectivity index (χ2v) is 7.35. The van der Waals surface area contributed by atoms with Crippen LogP contribution in [0.25, 0.3) is 0 Å². The van der Waals surface area contributed by atoms with E-state index in [0.29, 0.717) is 0 Å². The Kier molecular flexibility index (Phi) is 7.63. The summed E-state index contributed by atoms with van der Waals surface area (Å²) in [5.41, 5.74) is 1.39. The first-order valence-electron chi connectivity index (χ1n) is 7.88. The molecule has 0 spiro atoms. The number of hydrogen-bond donors (Lipinski definition) is 1. The van der Waals surface area contributed by atoms with Crippen molar-refractivity contribution in [3.05, 3.63) is 10.6 Å². The molecule has 1 rings (SSSR count). The van der Waals surface area contributed by atoms with Crippen LogP contribution >= 0.6 is 11.3 Å². The van der Waals surface area contributed by atoms with Crippen molar-refractivity contribution >= 4 is 16.5 Å². The number of aryl methyl sites for hydroxylation is 1. The van der Waals surface area contributed by atoms with Crippen molar-refractivity contribution in [1.82, 2.24) is 10.3 Å². The number of aromatic nitrogens is 1. The van der Waals surface area contributed by atoms with E-state index in [0.717, 1.165) is 44.2 Å². The van der Waals surface area contributed by atoms with Crippen molar-refractivity contribution in [2.75, 3.05) is 31.7 Å². The normalized spacial score (nSPS) is 11.9. The molecule has 0 aliphatic carbocycles. The van der Waals surface area contributed by atoms with Gasteiger partial charge in [-0.3, -0.25) is 0 Å². The summed E-state index contributed by atoms with van der Waals surface area (Å²) in [5, 5.41) is 4.71. The van der Waals surface area contributed by atoms with Crippen LogP contribution in [-0.4, -0.2) is 37.3 Å². The maximum atomic E-state index is 5.20. The van der Waals surface area contributed by atoms with E-state index in [-0.39, 0.29) is 5.54 Å². The lowest BCUT2D eigenvalue weighted by atomic mass is 10.1. The lowest BCUT2D eigenvalue weighted by molar-refractivity contribution is 0.205. The Labute approximate surface area is 133 Å². The molecule has 0 atom stereocenters. The Bertz CT molecular complexity index is 412. The van der Waals surface area contributed by atoms with Crippen LogP contribution in [0.2, 0.25) is 0 Å². The van der Waals surface area contributed by atoms with Crippen LogP contribution < -0.4 is 10.2 Å². The van der Waals surface area contributed by atoms with Crippen molar-refractivity contribution in [2.45, 2.75) is 59.5 Å². The first-order chi connectivity index (χ1) is 9.91. The highest BCUT2D eigenvalue weighted by molar-refractivity contribution is 7.15. The highest BCUT2D eigenvalue weighted by atomic mass is 32.1. The van der Waals surface area contributed by atoms with Gasteiger partial charge in [-0.05, 0) is 34.1 Å². The van der Waals surface area contributed by atoms with Gasteiger partial charge in [0.1, 0.15) is 0 Å². The molecule has 0 bridgehead atoms. The van der Waals surface area contributed by atoms with Crippen molar-refractivity contribution in [1.29, 1.82) is 0 Å². The highest BCUT2D eigenvalue weighted by Gasteiger charge is 2.17. The van der Waals surface area contributed by atoms with E-state index < -0.39 is 0 Å². The molecule has 122 valence electrons. The van der Waals surface area contributed by atoms with Crippen LogP contribution in [0, 0.1) is 0 Å². The van der Waals surface area contributed by atoms with E-state index in [1.807, 2.05) is 11.3 Å². The van der Waals surface area contributed by atoms with Gasteiger partial charge in [0.2, 0.25) is 0 Å². The largest absolute Gasteiger partial charge is 0.383 e. The molecule has 0 unspecified atom stereocenters. The van der Waals surface area contributed by atoms with Crippen LogP contribution in [0.5, 0.6) is 0 Å². The van der Waals surface area contributed by atoms with Gasteiger partial charge in [-0.2, -0.15) is 0 Å². The minimum Gasteiger partial charge on any atom is -0.383 e. The molecule has 21 heavy (non-hydrogen) atoms. The molecule has 0 aliphatic heterocycles. The number of thiazole rings is 1. The Morgan fingerprint density at radius 3 is 2.52 bits per heavy atom. The summed E-state index contributed by atoms with van der Waals surface area (Å²) in [6.45, 7) is 14.5. The number of hydrogen-bond acceptors (Lipinski definition) is 5. The third kappa shape index (κ3) is 6.32. The molecule has 4 nitrogen and oxygen atoms in total. The van der Waals surface area contributed by atoms with Crippen molar-refractivity contribution in [2.24, 2.45) is 0 Å². The molecule has 1 N–H and O–H groups in total. The minimum atomic E-state index is 0.133. The molecule has 0 amide bonds. The number of anilines is 1. The summed E-state index contributed by atoms with van der Waals surface area (Å²) < 4.78 is 5.20. The molecule has 0 radical (unpaired) electrons. The molecule has 0 aliphatic rings. The molecule has 1 heterocycles. The van der Waals surface area contributed by atoms with Gasteiger partial charge < -0.3 is 15.0 Å². The van der Waals surface area contributed by atoms with Gasteiger partial charge in [0.15, 0.2) is 5.13 Å². The lowest BCUT2D eigenvalue weighted by Crippen LogP contribution is -2.35. The Morgan fingerprint density at radius 2 is 2.00 bits per heavy atom. The number of ether oxygens (including phenoxy) is 1. The van der Waals surface area contributed by atoms with Crippen molar-refractivity contribution in [3.63, 3.8) is 0 Å². The zero-order chi connectivity index (χ0) is 15.9. The van der Waals surface area contributed by atoms with E-state index in [4.69, 9.17) is 9.72 Å². The zero-order valence-corrected chi connectivity index (χ0v) is 15.3. The molecule has 5 heteroatoms. The van der Waals surface area contributed by atoms with E-state index in [1.54, 1.807) is 7.11 Å². The van der Waals surface area contributed by atoms with E-state index in [1.165, 1.54) is 10.6 Å². The fourth-order valence-corrected chi connectivity index (χ4v) is 3.15. The Morgan fingerprint density at radius 1 is 1.29 bits per heavy atom. The molecular weight excluding hydrogens is 282 g/mol. The number of nitrogens with zero attached hydrogens (tertiary/aromatic N) is 2. The zero-order valence-electron chi connectivity index (χ0n) is 14.5. The fraction of sp³-hybridized carbons (Fsp3) is 0.812. The number of nitrogens with one attached hydrogen (secondary N) is 1. The smallest absolute Gasteiger partial charge is 0.185 e. The highest BCUT2D eigenvalue weighted by Crippen LogP contribution is 2.27. The SMILES string of the molecule is CCCc1nc(N(CC)CCOC)sc1CNC(C)(C)C. The Balaban J connectivity index is 2.86. The third-order valence-corrected chi connectivity index (χ3v) is 4.41.